The average Bonchev–Trinajstić information content (AvgIpc) is 2.71. The van der Waals surface area contributed by atoms with Crippen molar-refractivity contribution in [3.8, 4) is 11.8 Å². The third-order valence-electron chi connectivity index (χ3n) is 2.20. The molecule has 1 aromatic heterocycles. The van der Waals surface area contributed by atoms with Gasteiger partial charge in [0.1, 0.15) is 6.61 Å². The van der Waals surface area contributed by atoms with Crippen LogP contribution in [0, 0.1) is 17.3 Å². The number of thiophene rings is 1. The number of carbonyl (C=O) groups is 1. The van der Waals surface area contributed by atoms with E-state index in [1.54, 1.807) is 11.0 Å². The van der Waals surface area contributed by atoms with Crippen LogP contribution < -0.4 is 0 Å². The number of carbonyl (C=O) groups excluding carboxylic acids is 1. The third-order valence-corrected chi connectivity index (χ3v) is 3.04. The summed E-state index contributed by atoms with van der Waals surface area (Å²) >= 11 is 1.42. The van der Waals surface area contributed by atoms with Crippen LogP contribution in [0.15, 0.2) is 11.4 Å². The molecule has 3 nitrogen and oxygen atoms in total. The zero-order valence-corrected chi connectivity index (χ0v) is 12.1. The summed E-state index contributed by atoms with van der Waals surface area (Å²) in [7, 11) is 1.81. The number of hydrogen-bond donors (Lipinski definition) is 1. The highest BCUT2D eigenvalue weighted by Gasteiger charge is 2.19. The Morgan fingerprint density at radius 3 is 2.72 bits per heavy atom. The van der Waals surface area contributed by atoms with Crippen molar-refractivity contribution < 1.29 is 9.90 Å². The first-order chi connectivity index (χ1) is 8.33. The molecule has 98 valence electrons. The Labute approximate surface area is 112 Å². The van der Waals surface area contributed by atoms with Crippen molar-refractivity contribution in [2.24, 2.45) is 5.41 Å². The molecular weight excluding hydrogens is 246 g/mol. The molecule has 0 saturated carbocycles. The van der Waals surface area contributed by atoms with Crippen LogP contribution in [-0.4, -0.2) is 36.1 Å². The van der Waals surface area contributed by atoms with Gasteiger partial charge in [-0.15, -0.1) is 11.3 Å². The summed E-state index contributed by atoms with van der Waals surface area (Å²) < 4.78 is 0. The highest BCUT2D eigenvalue weighted by atomic mass is 32.1. The summed E-state index contributed by atoms with van der Waals surface area (Å²) in [5, 5.41) is 10.4. The van der Waals surface area contributed by atoms with Gasteiger partial charge in [0.05, 0.1) is 10.4 Å². The van der Waals surface area contributed by atoms with E-state index in [0.29, 0.717) is 12.1 Å². The summed E-state index contributed by atoms with van der Waals surface area (Å²) in [5.41, 5.74) is 0.744. The number of hydrogen-bond acceptors (Lipinski definition) is 3. The van der Waals surface area contributed by atoms with Crippen LogP contribution in [0.3, 0.4) is 0 Å². The Kier molecular flexibility index (Phi) is 4.94. The van der Waals surface area contributed by atoms with Gasteiger partial charge in [0, 0.05) is 19.0 Å². The fourth-order valence-electron chi connectivity index (χ4n) is 1.64. The SMILES string of the molecule is CN(CC(C)(C)C)C(=O)c1csc(C#CCO)c1. The van der Waals surface area contributed by atoms with Crippen molar-refractivity contribution in [2.45, 2.75) is 20.8 Å². The van der Waals surface area contributed by atoms with Gasteiger partial charge in [0.2, 0.25) is 0 Å². The van der Waals surface area contributed by atoms with Gasteiger partial charge in [0.25, 0.3) is 5.91 Å². The second-order valence-corrected chi connectivity index (χ2v) is 6.29. The number of aliphatic hydroxyl groups excluding tert-OH is 1. The van der Waals surface area contributed by atoms with E-state index in [0.717, 1.165) is 4.88 Å². The predicted octanol–water partition coefficient (Wildman–Crippen LogP) is 2.21. The number of rotatable bonds is 2. The third kappa shape index (κ3) is 4.52. The minimum atomic E-state index is -0.162. The van der Waals surface area contributed by atoms with Crippen molar-refractivity contribution in [1.29, 1.82) is 0 Å². The minimum Gasteiger partial charge on any atom is -0.384 e. The molecule has 0 atom stereocenters. The minimum absolute atomic E-state index is 0.0122. The predicted molar refractivity (Wildman–Crippen MR) is 74.7 cm³/mol. The highest BCUT2D eigenvalue weighted by Crippen LogP contribution is 2.18. The van der Waals surface area contributed by atoms with E-state index in [9.17, 15) is 4.79 Å². The lowest BCUT2D eigenvalue weighted by molar-refractivity contribution is 0.0746. The molecule has 0 aliphatic heterocycles. The van der Waals surface area contributed by atoms with Gasteiger partial charge in [-0.05, 0) is 11.5 Å². The molecule has 1 amide bonds. The Balaban J connectivity index is 2.75. The monoisotopic (exact) mass is 265 g/mol. The van der Waals surface area contributed by atoms with Gasteiger partial charge in [-0.1, -0.05) is 32.6 Å². The van der Waals surface area contributed by atoms with Gasteiger partial charge < -0.3 is 10.0 Å². The van der Waals surface area contributed by atoms with E-state index in [-0.39, 0.29) is 17.9 Å². The molecule has 1 N–H and O–H groups in total. The summed E-state index contributed by atoms with van der Waals surface area (Å²) in [4.78, 5) is 14.7. The zero-order chi connectivity index (χ0) is 13.8. The van der Waals surface area contributed by atoms with Gasteiger partial charge >= 0.3 is 0 Å². The normalized spacial score (nSPS) is 10.7. The second kappa shape index (κ2) is 6.03. The summed E-state index contributed by atoms with van der Waals surface area (Å²) in [6.07, 6.45) is 0. The van der Waals surface area contributed by atoms with Crippen LogP contribution in [0.2, 0.25) is 0 Å². The first-order valence-electron chi connectivity index (χ1n) is 5.77. The number of aliphatic hydroxyl groups is 1. The lowest BCUT2D eigenvalue weighted by atomic mass is 9.96. The molecule has 0 aliphatic carbocycles. The molecule has 4 heteroatoms. The largest absolute Gasteiger partial charge is 0.384 e. The Morgan fingerprint density at radius 1 is 1.50 bits per heavy atom. The average molecular weight is 265 g/mol. The Bertz CT molecular complexity index is 474. The molecule has 0 spiro atoms. The molecule has 0 unspecified atom stereocenters. The van der Waals surface area contributed by atoms with Crippen molar-refractivity contribution in [2.75, 3.05) is 20.2 Å². The maximum Gasteiger partial charge on any atom is 0.254 e. The number of nitrogens with zero attached hydrogens (tertiary/aromatic N) is 1. The molecule has 0 aliphatic rings. The van der Waals surface area contributed by atoms with E-state index in [4.69, 9.17) is 5.11 Å². The lowest BCUT2D eigenvalue weighted by Gasteiger charge is -2.26. The standard InChI is InChI=1S/C14H19NO2S/c1-14(2,3)10-15(4)13(17)11-8-12(18-9-11)6-5-7-16/h8-9,16H,7,10H2,1-4H3. The van der Waals surface area contributed by atoms with Crippen LogP contribution in [0.5, 0.6) is 0 Å². The zero-order valence-electron chi connectivity index (χ0n) is 11.3. The summed E-state index contributed by atoms with van der Waals surface area (Å²) in [6, 6.07) is 1.77. The first kappa shape index (κ1) is 14.7. The van der Waals surface area contributed by atoms with Crippen LogP contribution in [-0.2, 0) is 0 Å². The number of amides is 1. The summed E-state index contributed by atoms with van der Waals surface area (Å²) in [6.45, 7) is 6.85. The molecule has 1 heterocycles. The molecule has 18 heavy (non-hydrogen) atoms. The van der Waals surface area contributed by atoms with Gasteiger partial charge in [-0.2, -0.15) is 0 Å². The maximum atomic E-state index is 12.1. The van der Waals surface area contributed by atoms with Gasteiger partial charge in [0.15, 0.2) is 0 Å². The lowest BCUT2D eigenvalue weighted by Crippen LogP contribution is -2.34. The van der Waals surface area contributed by atoms with Crippen molar-refractivity contribution >= 4 is 17.2 Å². The van der Waals surface area contributed by atoms with Gasteiger partial charge in [-0.3, -0.25) is 4.79 Å². The Morgan fingerprint density at radius 2 is 2.17 bits per heavy atom. The van der Waals surface area contributed by atoms with E-state index < -0.39 is 0 Å². The van der Waals surface area contributed by atoms with Crippen LogP contribution in [0.4, 0.5) is 0 Å². The highest BCUT2D eigenvalue weighted by molar-refractivity contribution is 7.10. The van der Waals surface area contributed by atoms with E-state index in [2.05, 4.69) is 32.6 Å². The fourth-order valence-corrected chi connectivity index (χ4v) is 2.39. The summed E-state index contributed by atoms with van der Waals surface area (Å²) in [5.74, 6) is 5.39. The smallest absolute Gasteiger partial charge is 0.254 e. The molecule has 0 aromatic carbocycles. The van der Waals surface area contributed by atoms with Crippen LogP contribution in [0.25, 0.3) is 0 Å². The van der Waals surface area contributed by atoms with Crippen molar-refractivity contribution in [3.05, 3.63) is 21.9 Å². The quantitative estimate of drug-likeness (QED) is 0.833. The fraction of sp³-hybridized carbons (Fsp3) is 0.500. The topological polar surface area (TPSA) is 40.5 Å². The van der Waals surface area contributed by atoms with Crippen molar-refractivity contribution in [3.63, 3.8) is 0 Å². The molecule has 0 radical (unpaired) electrons. The molecule has 0 saturated heterocycles. The molecule has 1 aromatic rings. The second-order valence-electron chi connectivity index (χ2n) is 5.38. The first-order valence-corrected chi connectivity index (χ1v) is 6.65. The van der Waals surface area contributed by atoms with E-state index in [1.165, 1.54) is 11.3 Å². The molecule has 1 rings (SSSR count). The van der Waals surface area contributed by atoms with Crippen LogP contribution in [0.1, 0.15) is 36.0 Å². The van der Waals surface area contributed by atoms with Crippen LogP contribution >= 0.6 is 11.3 Å². The van der Waals surface area contributed by atoms with E-state index in [1.807, 2.05) is 12.4 Å². The molecule has 0 fully saturated rings. The molecule has 0 bridgehead atoms. The van der Waals surface area contributed by atoms with E-state index >= 15 is 0 Å². The van der Waals surface area contributed by atoms with Gasteiger partial charge in [-0.25, -0.2) is 0 Å². The maximum absolute atomic E-state index is 12.1. The Hall–Kier alpha value is -1.31. The van der Waals surface area contributed by atoms with Crippen molar-refractivity contribution in [1.82, 2.24) is 4.90 Å². The molecular formula is C14H19NO2S.